The molecule has 0 amide bonds. The van der Waals surface area contributed by atoms with E-state index >= 15 is 0 Å². The van der Waals surface area contributed by atoms with Crippen LogP contribution in [0.25, 0.3) is 0 Å². The van der Waals surface area contributed by atoms with Gasteiger partial charge >= 0.3 is 5.97 Å². The van der Waals surface area contributed by atoms with Crippen molar-refractivity contribution < 1.29 is 19.5 Å². The molecule has 1 heterocycles. The number of benzene rings is 1. The largest absolute Gasteiger partial charge is 0.479 e. The van der Waals surface area contributed by atoms with Gasteiger partial charge in [0.05, 0.1) is 11.6 Å². The number of hydrogen-bond donors (Lipinski definition) is 1. The van der Waals surface area contributed by atoms with Crippen LogP contribution in [0.2, 0.25) is 0 Å². The minimum Gasteiger partial charge on any atom is -0.479 e. The molecule has 0 aliphatic carbocycles. The number of nitriles is 1. The van der Waals surface area contributed by atoms with Crippen molar-refractivity contribution in [3.05, 3.63) is 59.3 Å². The summed E-state index contributed by atoms with van der Waals surface area (Å²) in [6.07, 6.45) is 4.74. The number of ether oxygens (including phenoxy) is 1. The van der Waals surface area contributed by atoms with Gasteiger partial charge in [0.15, 0.2) is 6.61 Å². The molecule has 0 radical (unpaired) electrons. The molecule has 0 unspecified atom stereocenters. The Morgan fingerprint density at radius 1 is 1.24 bits per heavy atom. The molecule has 0 bridgehead atoms. The number of aryl methyl sites for hydroxylation is 1. The molecule has 0 aliphatic rings. The third kappa shape index (κ3) is 6.71. The first-order chi connectivity index (χ1) is 12.2. The van der Waals surface area contributed by atoms with Gasteiger partial charge in [0.1, 0.15) is 6.61 Å². The van der Waals surface area contributed by atoms with Crippen molar-refractivity contribution in [3.8, 4) is 11.9 Å². The second-order valence-corrected chi connectivity index (χ2v) is 5.10. The van der Waals surface area contributed by atoms with Crippen molar-refractivity contribution in [1.29, 1.82) is 5.26 Å². The van der Waals surface area contributed by atoms with E-state index in [1.807, 2.05) is 18.2 Å². The van der Waals surface area contributed by atoms with Crippen LogP contribution in [-0.4, -0.2) is 28.9 Å². The molecular formula is C18H17N3O4. The molecule has 0 saturated carbocycles. The molecule has 7 nitrogen and oxygen atoms in total. The fourth-order valence-corrected chi connectivity index (χ4v) is 1.90. The molecule has 0 atom stereocenters. The van der Waals surface area contributed by atoms with Crippen molar-refractivity contribution >= 4 is 12.2 Å². The van der Waals surface area contributed by atoms with Gasteiger partial charge in [0, 0.05) is 18.5 Å². The highest BCUT2D eigenvalue weighted by Crippen LogP contribution is 2.09. The predicted molar refractivity (Wildman–Crippen MR) is 90.1 cm³/mol. The maximum atomic E-state index is 10.4. The smallest absolute Gasteiger partial charge is 0.341 e. The molecule has 0 fully saturated rings. The number of carboxylic acids is 1. The van der Waals surface area contributed by atoms with Crippen molar-refractivity contribution in [3.63, 3.8) is 0 Å². The van der Waals surface area contributed by atoms with Gasteiger partial charge in [-0.2, -0.15) is 5.26 Å². The Kier molecular flexibility index (Phi) is 6.95. The van der Waals surface area contributed by atoms with Gasteiger partial charge in [-0.1, -0.05) is 23.4 Å². The topological polar surface area (TPSA) is 105 Å². The second-order valence-electron chi connectivity index (χ2n) is 5.10. The number of aliphatic carboxylic acids is 1. The van der Waals surface area contributed by atoms with Crippen molar-refractivity contribution in [2.75, 3.05) is 6.61 Å². The molecule has 1 N–H and O–H groups in total. The van der Waals surface area contributed by atoms with Crippen LogP contribution in [0, 0.1) is 11.3 Å². The average molecular weight is 339 g/mol. The highest BCUT2D eigenvalue weighted by molar-refractivity contribution is 5.68. The molecule has 0 saturated heterocycles. The van der Waals surface area contributed by atoms with E-state index in [0.717, 1.165) is 17.5 Å². The van der Waals surface area contributed by atoms with Crippen LogP contribution in [0.3, 0.4) is 0 Å². The maximum absolute atomic E-state index is 10.4. The van der Waals surface area contributed by atoms with Gasteiger partial charge in [0.2, 0.25) is 5.88 Å². The summed E-state index contributed by atoms with van der Waals surface area (Å²) in [5, 5.41) is 21.1. The summed E-state index contributed by atoms with van der Waals surface area (Å²) in [5.74, 6) is -0.756. The van der Waals surface area contributed by atoms with Crippen LogP contribution in [-0.2, 0) is 22.7 Å². The van der Waals surface area contributed by atoms with E-state index in [1.54, 1.807) is 30.6 Å². The van der Waals surface area contributed by atoms with Crippen LogP contribution in [0.15, 0.2) is 47.8 Å². The van der Waals surface area contributed by atoms with E-state index in [2.05, 4.69) is 16.2 Å². The first-order valence-electron chi connectivity index (χ1n) is 7.60. The number of oxime groups is 1. The normalized spacial score (nSPS) is 10.4. The number of nitrogens with zero attached hydrogens (tertiary/aromatic N) is 3. The lowest BCUT2D eigenvalue weighted by Crippen LogP contribution is -2.10. The number of rotatable bonds is 9. The number of carbonyl (C=O) groups is 1. The van der Waals surface area contributed by atoms with E-state index in [0.29, 0.717) is 18.6 Å². The molecule has 2 aromatic rings. The first-order valence-corrected chi connectivity index (χ1v) is 7.60. The van der Waals surface area contributed by atoms with E-state index in [9.17, 15) is 4.79 Å². The highest BCUT2D eigenvalue weighted by atomic mass is 16.6. The maximum Gasteiger partial charge on any atom is 0.341 e. The van der Waals surface area contributed by atoms with Crippen LogP contribution in [0.5, 0.6) is 5.88 Å². The Morgan fingerprint density at radius 3 is 2.64 bits per heavy atom. The van der Waals surface area contributed by atoms with Gasteiger partial charge in [-0.25, -0.2) is 9.78 Å². The highest BCUT2D eigenvalue weighted by Gasteiger charge is 2.00. The van der Waals surface area contributed by atoms with Crippen molar-refractivity contribution in [1.82, 2.24) is 4.98 Å². The average Bonchev–Trinajstić information content (AvgIpc) is 2.64. The van der Waals surface area contributed by atoms with E-state index in [1.165, 1.54) is 0 Å². The molecule has 2 rings (SSSR count). The quantitative estimate of drug-likeness (QED) is 0.556. The zero-order valence-electron chi connectivity index (χ0n) is 13.5. The molecular weight excluding hydrogens is 322 g/mol. The Balaban J connectivity index is 1.66. The van der Waals surface area contributed by atoms with E-state index in [4.69, 9.17) is 19.9 Å². The van der Waals surface area contributed by atoms with Gasteiger partial charge in [-0.05, 0) is 36.1 Å². The van der Waals surface area contributed by atoms with Crippen LogP contribution in [0.4, 0.5) is 0 Å². The monoisotopic (exact) mass is 339 g/mol. The summed E-state index contributed by atoms with van der Waals surface area (Å²) < 4.78 is 4.96. The Labute approximate surface area is 145 Å². The summed E-state index contributed by atoms with van der Waals surface area (Å²) >= 11 is 0. The summed E-state index contributed by atoms with van der Waals surface area (Å²) in [6, 6.07) is 12.6. The predicted octanol–water partition coefficient (Wildman–Crippen LogP) is 2.55. The third-order valence-corrected chi connectivity index (χ3v) is 3.17. The summed E-state index contributed by atoms with van der Waals surface area (Å²) in [7, 11) is 0. The molecule has 1 aromatic heterocycles. The summed E-state index contributed by atoms with van der Waals surface area (Å²) in [6.45, 7) is -0.0606. The lowest BCUT2D eigenvalue weighted by atomic mass is 10.2. The number of pyridine rings is 1. The summed E-state index contributed by atoms with van der Waals surface area (Å²) in [4.78, 5) is 19.6. The molecule has 1 aromatic carbocycles. The Bertz CT molecular complexity index is 749. The fraction of sp³-hybridized carbons (Fsp3) is 0.222. The van der Waals surface area contributed by atoms with Crippen LogP contribution >= 0.6 is 0 Å². The lowest BCUT2D eigenvalue weighted by molar-refractivity contribution is -0.139. The Morgan fingerprint density at radius 2 is 2.00 bits per heavy atom. The number of hydrogen-bond acceptors (Lipinski definition) is 6. The third-order valence-electron chi connectivity index (χ3n) is 3.17. The number of aromatic nitrogens is 1. The lowest BCUT2D eigenvalue weighted by Gasteiger charge is -2.03. The summed E-state index contributed by atoms with van der Waals surface area (Å²) in [5.41, 5.74) is 2.54. The minimum atomic E-state index is -1.04. The van der Waals surface area contributed by atoms with Crippen LogP contribution < -0.4 is 4.74 Å². The van der Waals surface area contributed by atoms with Crippen molar-refractivity contribution in [2.45, 2.75) is 19.4 Å². The van der Waals surface area contributed by atoms with Crippen molar-refractivity contribution in [2.24, 2.45) is 5.16 Å². The molecule has 128 valence electrons. The molecule has 25 heavy (non-hydrogen) atoms. The van der Waals surface area contributed by atoms with Gasteiger partial charge < -0.3 is 14.7 Å². The zero-order valence-corrected chi connectivity index (χ0v) is 13.5. The fourth-order valence-electron chi connectivity index (χ4n) is 1.90. The van der Waals surface area contributed by atoms with Gasteiger partial charge in [-0.15, -0.1) is 0 Å². The SMILES string of the molecule is N#Cc1ccc(CON=CCCc2ccc(OCC(=O)O)nc2)cc1. The van der Waals surface area contributed by atoms with Gasteiger partial charge in [0.25, 0.3) is 0 Å². The van der Waals surface area contributed by atoms with E-state index < -0.39 is 12.6 Å². The second kappa shape index (κ2) is 9.67. The minimum absolute atomic E-state index is 0.283. The van der Waals surface area contributed by atoms with Crippen LogP contribution in [0.1, 0.15) is 23.1 Å². The first kappa shape index (κ1) is 17.9. The Hall–Kier alpha value is -3.40. The molecule has 7 heteroatoms. The molecule has 0 aliphatic heterocycles. The molecule has 0 spiro atoms. The standard InChI is InChI=1S/C18H17N3O4/c19-10-14-3-5-16(6-4-14)12-25-21-9-1-2-15-7-8-17(20-11-15)24-13-18(22)23/h3-9,11H,1-2,12-13H2,(H,22,23). The number of carboxylic acid groups (broad SMARTS) is 1. The zero-order chi connectivity index (χ0) is 17.9. The van der Waals surface area contributed by atoms with Gasteiger partial charge in [-0.3, -0.25) is 0 Å². The van der Waals surface area contributed by atoms with E-state index in [-0.39, 0.29) is 5.88 Å².